The van der Waals surface area contributed by atoms with Crippen LogP contribution in [-0.4, -0.2) is 33.8 Å². The average molecular weight is 246 g/mol. The minimum atomic E-state index is -2.43. The van der Waals surface area contributed by atoms with Crippen molar-refractivity contribution in [2.75, 3.05) is 6.61 Å². The Labute approximate surface area is 95.0 Å². The fourth-order valence-electron chi connectivity index (χ4n) is 0.827. The zero-order valence-electron chi connectivity index (χ0n) is 9.23. The van der Waals surface area contributed by atoms with Gasteiger partial charge in [0, 0.05) is 26.0 Å². The van der Waals surface area contributed by atoms with Crippen LogP contribution in [0.3, 0.4) is 0 Å². The molecule has 0 bridgehead atoms. The molecule has 0 aromatic heterocycles. The topological polar surface area (TPSA) is 78.9 Å². The Kier molecular flexibility index (Phi) is 6.85. The Morgan fingerprint density at radius 1 is 1.19 bits per heavy atom. The minimum Gasteiger partial charge on any atom is -0.487 e. The summed E-state index contributed by atoms with van der Waals surface area (Å²) in [6.45, 7) is 5.69. The molecule has 0 saturated heterocycles. The van der Waals surface area contributed by atoms with Gasteiger partial charge in [-0.1, -0.05) is 6.58 Å². The van der Waals surface area contributed by atoms with Crippen LogP contribution >= 0.6 is 0 Å². The molecule has 0 aliphatic heterocycles. The maximum atomic E-state index is 10.7. The maximum Gasteiger partial charge on any atom is 0.451 e. The summed E-state index contributed by atoms with van der Waals surface area (Å²) in [7, 11) is -2.43. The highest BCUT2D eigenvalue weighted by Crippen LogP contribution is 2.00. The van der Waals surface area contributed by atoms with Gasteiger partial charge in [-0.25, -0.2) is 4.79 Å². The third-order valence-corrected chi connectivity index (χ3v) is 3.26. The van der Waals surface area contributed by atoms with Gasteiger partial charge in [0.25, 0.3) is 11.9 Å². The van der Waals surface area contributed by atoms with E-state index in [0.717, 1.165) is 6.08 Å². The summed E-state index contributed by atoms with van der Waals surface area (Å²) in [6.07, 6.45) is 1.02. The molecular formula is C9H14O6Si. The molecule has 0 unspecified atom stereocenters. The van der Waals surface area contributed by atoms with E-state index in [1.807, 2.05) is 0 Å². The van der Waals surface area contributed by atoms with Gasteiger partial charge in [0.15, 0.2) is 0 Å². The van der Waals surface area contributed by atoms with E-state index >= 15 is 0 Å². The van der Waals surface area contributed by atoms with Crippen molar-refractivity contribution in [3.05, 3.63) is 12.7 Å². The van der Waals surface area contributed by atoms with E-state index in [0.29, 0.717) is 0 Å². The lowest BCUT2D eigenvalue weighted by Gasteiger charge is -2.14. The molecule has 0 atom stereocenters. The summed E-state index contributed by atoms with van der Waals surface area (Å²) in [5, 5.41) is 0. The molecule has 0 saturated carbocycles. The molecular weight excluding hydrogens is 232 g/mol. The van der Waals surface area contributed by atoms with E-state index in [-0.39, 0.29) is 12.7 Å². The number of carbonyl (C=O) groups excluding carboxylic acids is 3. The highest BCUT2D eigenvalue weighted by atomic mass is 28.3. The second kappa shape index (κ2) is 7.63. The van der Waals surface area contributed by atoms with Crippen LogP contribution in [0.25, 0.3) is 0 Å². The lowest BCUT2D eigenvalue weighted by atomic mass is 10.6. The molecule has 0 rings (SSSR count). The third kappa shape index (κ3) is 7.74. The number of hydrogen-bond acceptors (Lipinski definition) is 6. The molecule has 0 aliphatic rings. The highest BCUT2D eigenvalue weighted by molar-refractivity contribution is 6.48. The number of ether oxygens (including phenoxy) is 1. The SMILES string of the molecule is C=CC(=O)OCC[SiH](OC(C)=O)OC(C)=O. The predicted molar refractivity (Wildman–Crippen MR) is 56.6 cm³/mol. The van der Waals surface area contributed by atoms with Gasteiger partial charge in [0.05, 0.1) is 6.61 Å². The summed E-state index contributed by atoms with van der Waals surface area (Å²) in [4.78, 5) is 32.1. The molecule has 6 nitrogen and oxygen atoms in total. The molecule has 0 heterocycles. The normalized spacial score (nSPS) is 9.44. The van der Waals surface area contributed by atoms with Crippen molar-refractivity contribution in [1.29, 1.82) is 0 Å². The summed E-state index contributed by atoms with van der Waals surface area (Å²) < 4.78 is 14.3. The third-order valence-electron chi connectivity index (χ3n) is 1.36. The van der Waals surface area contributed by atoms with Crippen molar-refractivity contribution < 1.29 is 28.0 Å². The van der Waals surface area contributed by atoms with E-state index in [9.17, 15) is 14.4 Å². The van der Waals surface area contributed by atoms with Crippen LogP contribution in [0.1, 0.15) is 13.8 Å². The predicted octanol–water partition coefficient (Wildman–Crippen LogP) is 0.0623. The van der Waals surface area contributed by atoms with Crippen molar-refractivity contribution >= 4 is 27.2 Å². The maximum absolute atomic E-state index is 10.7. The van der Waals surface area contributed by atoms with Gasteiger partial charge in [0.2, 0.25) is 0 Å². The molecule has 0 amide bonds. The first-order chi connectivity index (χ1) is 7.45. The van der Waals surface area contributed by atoms with E-state index in [1.165, 1.54) is 13.8 Å². The zero-order valence-corrected chi connectivity index (χ0v) is 10.4. The van der Waals surface area contributed by atoms with Gasteiger partial charge >= 0.3 is 15.3 Å². The van der Waals surface area contributed by atoms with Crippen LogP contribution in [0, 0.1) is 0 Å². The fraction of sp³-hybridized carbons (Fsp3) is 0.444. The second-order valence-electron chi connectivity index (χ2n) is 2.81. The molecule has 0 fully saturated rings. The van der Waals surface area contributed by atoms with Crippen molar-refractivity contribution in [2.45, 2.75) is 19.9 Å². The van der Waals surface area contributed by atoms with Crippen LogP contribution in [0.4, 0.5) is 0 Å². The van der Waals surface area contributed by atoms with Crippen LogP contribution in [0.2, 0.25) is 6.04 Å². The Bertz CT molecular complexity index is 272. The largest absolute Gasteiger partial charge is 0.487 e. The standard InChI is InChI=1S/C9H14O6Si/c1-4-9(12)13-5-6-16(14-7(2)10)15-8(3)11/h4,16H,1,5-6H2,2-3H3. The van der Waals surface area contributed by atoms with Gasteiger partial charge in [-0.15, -0.1) is 0 Å². The molecule has 16 heavy (non-hydrogen) atoms. The molecule has 0 radical (unpaired) electrons. The van der Waals surface area contributed by atoms with Crippen LogP contribution in [-0.2, 0) is 28.0 Å². The first kappa shape index (κ1) is 14.4. The summed E-state index contributed by atoms with van der Waals surface area (Å²) >= 11 is 0. The lowest BCUT2D eigenvalue weighted by Crippen LogP contribution is -2.29. The smallest absolute Gasteiger partial charge is 0.451 e. The average Bonchev–Trinajstić information content (AvgIpc) is 2.15. The van der Waals surface area contributed by atoms with Crippen LogP contribution in [0.15, 0.2) is 12.7 Å². The Balaban J connectivity index is 4.00. The van der Waals surface area contributed by atoms with Gasteiger partial charge in [0.1, 0.15) is 0 Å². The second-order valence-corrected chi connectivity index (χ2v) is 4.72. The van der Waals surface area contributed by atoms with Crippen molar-refractivity contribution in [1.82, 2.24) is 0 Å². The molecule has 7 heteroatoms. The van der Waals surface area contributed by atoms with Crippen LogP contribution < -0.4 is 0 Å². The molecule has 0 aromatic carbocycles. The van der Waals surface area contributed by atoms with Crippen LogP contribution in [0.5, 0.6) is 0 Å². The van der Waals surface area contributed by atoms with Gasteiger partial charge in [-0.3, -0.25) is 9.59 Å². The van der Waals surface area contributed by atoms with Gasteiger partial charge < -0.3 is 13.6 Å². The lowest BCUT2D eigenvalue weighted by molar-refractivity contribution is -0.137. The van der Waals surface area contributed by atoms with E-state index in [4.69, 9.17) is 8.85 Å². The Morgan fingerprint density at radius 2 is 1.69 bits per heavy atom. The monoisotopic (exact) mass is 246 g/mol. The van der Waals surface area contributed by atoms with E-state index < -0.39 is 27.2 Å². The molecule has 0 aliphatic carbocycles. The quantitative estimate of drug-likeness (QED) is 0.374. The molecule has 0 spiro atoms. The Morgan fingerprint density at radius 3 is 2.06 bits per heavy atom. The zero-order chi connectivity index (χ0) is 12.6. The summed E-state index contributed by atoms with van der Waals surface area (Å²) in [6, 6.07) is 0.221. The van der Waals surface area contributed by atoms with Crippen molar-refractivity contribution in [2.24, 2.45) is 0 Å². The number of hydrogen-bond donors (Lipinski definition) is 0. The van der Waals surface area contributed by atoms with Crippen molar-refractivity contribution in [3.8, 4) is 0 Å². The first-order valence-corrected chi connectivity index (χ1v) is 6.35. The molecule has 90 valence electrons. The van der Waals surface area contributed by atoms with Gasteiger partial charge in [-0.2, -0.15) is 0 Å². The first-order valence-electron chi connectivity index (χ1n) is 4.59. The van der Waals surface area contributed by atoms with E-state index in [2.05, 4.69) is 11.3 Å². The van der Waals surface area contributed by atoms with E-state index in [1.54, 1.807) is 0 Å². The number of rotatable bonds is 6. The minimum absolute atomic E-state index is 0.0301. The Hall–Kier alpha value is -1.63. The van der Waals surface area contributed by atoms with Crippen molar-refractivity contribution in [3.63, 3.8) is 0 Å². The molecule has 0 aromatic rings. The number of esters is 1. The summed E-state index contributed by atoms with van der Waals surface area (Å²) in [5.41, 5.74) is 0. The molecule has 0 N–H and O–H groups in total. The van der Waals surface area contributed by atoms with Gasteiger partial charge in [-0.05, 0) is 0 Å². The number of carbonyl (C=O) groups is 3. The summed E-state index contributed by atoms with van der Waals surface area (Å²) in [5.74, 6) is -1.61. The highest BCUT2D eigenvalue weighted by Gasteiger charge is 2.20. The fourth-order valence-corrected chi connectivity index (χ4v) is 2.16.